The molecule has 0 atom stereocenters. The number of halogens is 5. The second-order valence-corrected chi connectivity index (χ2v) is 4.35. The molecule has 2 nitrogen and oxygen atoms in total. The van der Waals surface area contributed by atoms with E-state index in [1.165, 1.54) is 19.2 Å². The van der Waals surface area contributed by atoms with Crippen molar-refractivity contribution >= 4 is 11.4 Å². The van der Waals surface area contributed by atoms with Gasteiger partial charge in [0.15, 0.2) is 23.3 Å². The third kappa shape index (κ3) is 2.56. The van der Waals surface area contributed by atoms with Gasteiger partial charge < -0.3 is 10.6 Å². The Hall–Kier alpha value is -2.15. The Balaban J connectivity index is 2.60. The van der Waals surface area contributed by atoms with Crippen LogP contribution in [0.2, 0.25) is 0 Å². The van der Waals surface area contributed by atoms with Crippen LogP contribution >= 0.6 is 0 Å². The summed E-state index contributed by atoms with van der Waals surface area (Å²) in [4.78, 5) is 0.884. The van der Waals surface area contributed by atoms with Gasteiger partial charge in [0.05, 0.1) is 0 Å². The van der Waals surface area contributed by atoms with E-state index in [1.807, 2.05) is 0 Å². The fraction of sp³-hybridized carbons (Fsp3) is 0.143. The SMILES string of the molecule is CN(c1cccc(CN)c1)c1c(F)c(F)c(F)c(F)c1F. The molecule has 0 fully saturated rings. The quantitative estimate of drug-likeness (QED) is 0.533. The molecule has 2 rings (SSSR count). The van der Waals surface area contributed by atoms with Crippen molar-refractivity contribution in [3.05, 3.63) is 58.9 Å². The molecule has 0 heterocycles. The van der Waals surface area contributed by atoms with Crippen LogP contribution in [0, 0.1) is 29.1 Å². The van der Waals surface area contributed by atoms with E-state index in [1.54, 1.807) is 12.1 Å². The van der Waals surface area contributed by atoms with E-state index < -0.39 is 34.8 Å². The molecule has 0 saturated heterocycles. The van der Waals surface area contributed by atoms with Crippen molar-refractivity contribution < 1.29 is 22.0 Å². The highest BCUT2D eigenvalue weighted by molar-refractivity contribution is 5.64. The van der Waals surface area contributed by atoms with Gasteiger partial charge >= 0.3 is 0 Å². The molecule has 112 valence electrons. The van der Waals surface area contributed by atoms with E-state index in [2.05, 4.69) is 0 Å². The van der Waals surface area contributed by atoms with Gasteiger partial charge in [-0.1, -0.05) is 12.1 Å². The predicted molar refractivity (Wildman–Crippen MR) is 68.6 cm³/mol. The van der Waals surface area contributed by atoms with Crippen molar-refractivity contribution in [3.8, 4) is 0 Å². The summed E-state index contributed by atoms with van der Waals surface area (Å²) in [6, 6.07) is 6.21. The van der Waals surface area contributed by atoms with Crippen LogP contribution in [0.4, 0.5) is 33.3 Å². The minimum Gasteiger partial charge on any atom is -0.340 e. The van der Waals surface area contributed by atoms with Crippen molar-refractivity contribution in [3.63, 3.8) is 0 Å². The molecule has 0 unspecified atom stereocenters. The molecule has 2 N–H and O–H groups in total. The van der Waals surface area contributed by atoms with E-state index >= 15 is 0 Å². The third-order valence-corrected chi connectivity index (χ3v) is 3.06. The Bertz CT molecular complexity index is 658. The predicted octanol–water partition coefficient (Wildman–Crippen LogP) is 3.61. The zero-order valence-corrected chi connectivity index (χ0v) is 10.9. The topological polar surface area (TPSA) is 29.3 Å². The number of hydrogen-bond acceptors (Lipinski definition) is 2. The number of rotatable bonds is 3. The molecule has 0 radical (unpaired) electrons. The first-order valence-corrected chi connectivity index (χ1v) is 5.92. The average molecular weight is 302 g/mol. The summed E-state index contributed by atoms with van der Waals surface area (Å²) in [7, 11) is 1.20. The summed E-state index contributed by atoms with van der Waals surface area (Å²) in [6.45, 7) is 0.179. The molecule has 0 aliphatic carbocycles. The van der Waals surface area contributed by atoms with Gasteiger partial charge in [0, 0.05) is 19.3 Å². The molecule has 0 saturated carbocycles. The molecule has 0 amide bonds. The monoisotopic (exact) mass is 302 g/mol. The summed E-state index contributed by atoms with van der Waals surface area (Å²) in [5, 5.41) is 0. The van der Waals surface area contributed by atoms with Crippen molar-refractivity contribution in [1.82, 2.24) is 0 Å². The molecule has 0 aliphatic rings. The molecule has 7 heteroatoms. The van der Waals surface area contributed by atoms with Crippen LogP contribution in [0.3, 0.4) is 0 Å². The molecule has 0 aromatic heterocycles. The second kappa shape index (κ2) is 5.69. The second-order valence-electron chi connectivity index (χ2n) is 4.35. The lowest BCUT2D eigenvalue weighted by atomic mass is 10.1. The van der Waals surface area contributed by atoms with Gasteiger partial charge in [-0.15, -0.1) is 0 Å². The fourth-order valence-electron chi connectivity index (χ4n) is 1.91. The minimum absolute atomic E-state index is 0.179. The summed E-state index contributed by atoms with van der Waals surface area (Å²) in [5.41, 5.74) is 5.34. The lowest BCUT2D eigenvalue weighted by Gasteiger charge is -2.22. The van der Waals surface area contributed by atoms with Crippen LogP contribution < -0.4 is 10.6 Å². The summed E-state index contributed by atoms with van der Waals surface area (Å²) < 4.78 is 66.9. The summed E-state index contributed by atoms with van der Waals surface area (Å²) in [5.74, 6) is -9.91. The van der Waals surface area contributed by atoms with Gasteiger partial charge in [-0.2, -0.15) is 0 Å². The van der Waals surface area contributed by atoms with E-state index in [-0.39, 0.29) is 12.2 Å². The van der Waals surface area contributed by atoms with Crippen molar-refractivity contribution in [2.24, 2.45) is 5.73 Å². The lowest BCUT2D eigenvalue weighted by Crippen LogP contribution is -2.17. The molecule has 0 aliphatic heterocycles. The molecule has 2 aromatic rings. The number of anilines is 2. The highest BCUT2D eigenvalue weighted by Crippen LogP contribution is 2.33. The molecular formula is C14H11F5N2. The zero-order chi connectivity index (χ0) is 15.7. The molecule has 0 spiro atoms. The van der Waals surface area contributed by atoms with E-state index in [9.17, 15) is 22.0 Å². The first-order valence-electron chi connectivity index (χ1n) is 5.92. The summed E-state index contributed by atoms with van der Waals surface area (Å²) >= 11 is 0. The van der Waals surface area contributed by atoms with Gasteiger partial charge in [0.2, 0.25) is 5.82 Å². The van der Waals surface area contributed by atoms with E-state index in [0.717, 1.165) is 4.90 Å². The van der Waals surface area contributed by atoms with Crippen LogP contribution in [0.25, 0.3) is 0 Å². The Morgan fingerprint density at radius 1 is 0.905 bits per heavy atom. The van der Waals surface area contributed by atoms with Gasteiger partial charge in [-0.3, -0.25) is 0 Å². The maximum absolute atomic E-state index is 13.7. The van der Waals surface area contributed by atoms with Gasteiger partial charge in [0.25, 0.3) is 0 Å². The Morgan fingerprint density at radius 3 is 1.95 bits per heavy atom. The first kappa shape index (κ1) is 15.2. The maximum atomic E-state index is 13.7. The molecule has 21 heavy (non-hydrogen) atoms. The van der Waals surface area contributed by atoms with Gasteiger partial charge in [-0.25, -0.2) is 22.0 Å². The zero-order valence-electron chi connectivity index (χ0n) is 10.9. The summed E-state index contributed by atoms with van der Waals surface area (Å²) in [6.07, 6.45) is 0. The van der Waals surface area contributed by atoms with Crippen LogP contribution in [0.15, 0.2) is 24.3 Å². The molecule has 0 bridgehead atoms. The number of nitrogens with two attached hydrogens (primary N) is 1. The Morgan fingerprint density at radius 2 is 1.43 bits per heavy atom. The fourth-order valence-corrected chi connectivity index (χ4v) is 1.91. The highest BCUT2D eigenvalue weighted by Gasteiger charge is 2.28. The van der Waals surface area contributed by atoms with Gasteiger partial charge in [-0.05, 0) is 17.7 Å². The Labute approximate surface area is 117 Å². The standard InChI is InChI=1S/C14H11F5N2/c1-21(8-4-2-3-7(5-8)6-20)14-12(18)10(16)9(15)11(17)13(14)19/h2-5H,6,20H2,1H3. The smallest absolute Gasteiger partial charge is 0.200 e. The van der Waals surface area contributed by atoms with Crippen LogP contribution in [-0.4, -0.2) is 7.05 Å². The maximum Gasteiger partial charge on any atom is 0.200 e. The third-order valence-electron chi connectivity index (χ3n) is 3.06. The van der Waals surface area contributed by atoms with Crippen molar-refractivity contribution in [2.45, 2.75) is 6.54 Å². The molecular weight excluding hydrogens is 291 g/mol. The number of hydrogen-bond donors (Lipinski definition) is 1. The van der Waals surface area contributed by atoms with Crippen LogP contribution in [-0.2, 0) is 6.54 Å². The number of benzene rings is 2. The number of nitrogens with zero attached hydrogens (tertiary/aromatic N) is 1. The van der Waals surface area contributed by atoms with Crippen LogP contribution in [0.1, 0.15) is 5.56 Å². The van der Waals surface area contributed by atoms with E-state index in [0.29, 0.717) is 5.56 Å². The highest BCUT2D eigenvalue weighted by atomic mass is 19.2. The lowest BCUT2D eigenvalue weighted by molar-refractivity contribution is 0.380. The molecule has 2 aromatic carbocycles. The normalized spacial score (nSPS) is 10.8. The van der Waals surface area contributed by atoms with Crippen molar-refractivity contribution in [1.29, 1.82) is 0 Å². The van der Waals surface area contributed by atoms with Crippen molar-refractivity contribution in [2.75, 3.05) is 11.9 Å². The van der Waals surface area contributed by atoms with Gasteiger partial charge in [0.1, 0.15) is 5.69 Å². The van der Waals surface area contributed by atoms with Crippen LogP contribution in [0.5, 0.6) is 0 Å². The largest absolute Gasteiger partial charge is 0.340 e. The minimum atomic E-state index is -2.18. The van der Waals surface area contributed by atoms with E-state index in [4.69, 9.17) is 5.73 Å². The Kier molecular flexibility index (Phi) is 4.13. The average Bonchev–Trinajstić information content (AvgIpc) is 2.51. The first-order chi connectivity index (χ1) is 9.88.